The standard InChI is InChI=1S/C24H38N2O2/c1-23-8-6-17(27)14-16(23)4-5-18-19(23)7-9-24(2)20(18)15-21(22(24)28)26-12-10-25(3)11-13-26/h4,17-21,27H,5-15H2,1-3H3/t17-,18+,19-,20-,21-,23-,24-/m0/s1. The predicted octanol–water partition coefficient (Wildman–Crippen LogP) is 3.11. The summed E-state index contributed by atoms with van der Waals surface area (Å²) in [4.78, 5) is 18.5. The Bertz CT molecular complexity index is 682. The highest BCUT2D eigenvalue weighted by Crippen LogP contribution is 2.64. The van der Waals surface area contributed by atoms with E-state index in [0.29, 0.717) is 23.5 Å². The highest BCUT2D eigenvalue weighted by molar-refractivity contribution is 5.92. The van der Waals surface area contributed by atoms with Crippen LogP contribution in [0.15, 0.2) is 11.6 Å². The number of carbonyl (C=O) groups is 1. The summed E-state index contributed by atoms with van der Waals surface area (Å²) in [6.45, 7) is 9.04. The molecule has 0 amide bonds. The van der Waals surface area contributed by atoms with Gasteiger partial charge in [0, 0.05) is 31.6 Å². The van der Waals surface area contributed by atoms with E-state index in [-0.39, 0.29) is 23.0 Å². The Morgan fingerprint density at radius 3 is 2.50 bits per heavy atom. The van der Waals surface area contributed by atoms with Crippen molar-refractivity contribution >= 4 is 5.78 Å². The van der Waals surface area contributed by atoms with Crippen LogP contribution in [0.5, 0.6) is 0 Å². The summed E-state index contributed by atoms with van der Waals surface area (Å²) in [5, 5.41) is 10.2. The molecule has 4 heteroatoms. The lowest BCUT2D eigenvalue weighted by atomic mass is 9.48. The number of hydrogen-bond acceptors (Lipinski definition) is 4. The minimum absolute atomic E-state index is 0.106. The molecular formula is C24H38N2O2. The van der Waals surface area contributed by atoms with Crippen LogP contribution in [0.25, 0.3) is 0 Å². The summed E-state index contributed by atoms with van der Waals surface area (Å²) in [6.07, 6.45) is 9.78. The lowest BCUT2D eigenvalue weighted by molar-refractivity contribution is -0.135. The van der Waals surface area contributed by atoms with Gasteiger partial charge in [-0.15, -0.1) is 0 Å². The van der Waals surface area contributed by atoms with E-state index in [1.54, 1.807) is 0 Å². The number of hydrogen-bond donors (Lipinski definition) is 1. The SMILES string of the molecule is CN1CCN([C@H]2C[C@H]3[C@@H]4CC=C5C[C@@H](O)CC[C@]5(C)[C@H]4CC[C@]3(C)C2=O)CC1. The van der Waals surface area contributed by atoms with Gasteiger partial charge in [-0.05, 0) is 75.2 Å². The van der Waals surface area contributed by atoms with Gasteiger partial charge < -0.3 is 10.0 Å². The quantitative estimate of drug-likeness (QED) is 0.704. The third-order valence-corrected chi connectivity index (χ3v) is 9.79. The van der Waals surface area contributed by atoms with E-state index in [1.165, 1.54) is 12.0 Å². The summed E-state index contributed by atoms with van der Waals surface area (Å²) in [6, 6.07) is 0.161. The number of Topliss-reactive ketones (excluding diaryl/α,β-unsaturated/α-hetero) is 1. The molecule has 4 aliphatic carbocycles. The second-order valence-electron chi connectivity index (χ2n) is 11.1. The van der Waals surface area contributed by atoms with Crippen LogP contribution in [0.4, 0.5) is 0 Å². The average molecular weight is 387 g/mol. The van der Waals surface area contributed by atoms with Gasteiger partial charge in [-0.3, -0.25) is 9.69 Å². The number of carbonyl (C=O) groups excluding carboxylic acids is 1. The van der Waals surface area contributed by atoms with Crippen LogP contribution in [-0.2, 0) is 4.79 Å². The Morgan fingerprint density at radius 2 is 1.75 bits per heavy atom. The van der Waals surface area contributed by atoms with Crippen molar-refractivity contribution in [3.63, 3.8) is 0 Å². The van der Waals surface area contributed by atoms with Crippen LogP contribution in [0, 0.1) is 28.6 Å². The topological polar surface area (TPSA) is 43.8 Å². The van der Waals surface area contributed by atoms with Crippen LogP contribution in [-0.4, -0.2) is 66.1 Å². The molecule has 1 N–H and O–H groups in total. The third kappa shape index (κ3) is 2.70. The van der Waals surface area contributed by atoms with Crippen molar-refractivity contribution in [3.8, 4) is 0 Å². The highest BCUT2D eigenvalue weighted by atomic mass is 16.3. The van der Waals surface area contributed by atoms with Crippen molar-refractivity contribution in [1.82, 2.24) is 9.80 Å². The molecule has 28 heavy (non-hydrogen) atoms. The van der Waals surface area contributed by atoms with Crippen molar-refractivity contribution in [3.05, 3.63) is 11.6 Å². The van der Waals surface area contributed by atoms with Crippen LogP contribution < -0.4 is 0 Å². The van der Waals surface area contributed by atoms with E-state index in [4.69, 9.17) is 0 Å². The van der Waals surface area contributed by atoms with Crippen molar-refractivity contribution in [2.75, 3.05) is 33.2 Å². The zero-order valence-electron chi connectivity index (χ0n) is 18.0. The summed E-state index contributed by atoms with van der Waals surface area (Å²) < 4.78 is 0. The molecule has 0 spiro atoms. The number of aliphatic hydroxyl groups is 1. The van der Waals surface area contributed by atoms with Crippen LogP contribution >= 0.6 is 0 Å². The molecule has 1 saturated heterocycles. The van der Waals surface area contributed by atoms with Crippen LogP contribution in [0.1, 0.15) is 58.8 Å². The van der Waals surface area contributed by atoms with E-state index >= 15 is 0 Å². The molecule has 4 nitrogen and oxygen atoms in total. The Kier molecular flexibility index (Phi) is 4.57. The second-order valence-corrected chi connectivity index (χ2v) is 11.1. The summed E-state index contributed by atoms with van der Waals surface area (Å²) in [5.41, 5.74) is 1.68. The van der Waals surface area contributed by atoms with Gasteiger partial charge >= 0.3 is 0 Å². The normalized spacial score (nSPS) is 49.9. The lowest BCUT2D eigenvalue weighted by Crippen LogP contribution is -2.52. The van der Waals surface area contributed by atoms with Gasteiger partial charge in [-0.1, -0.05) is 25.5 Å². The molecule has 0 aromatic rings. The van der Waals surface area contributed by atoms with Crippen molar-refractivity contribution < 1.29 is 9.90 Å². The smallest absolute Gasteiger partial charge is 0.156 e. The number of ketones is 1. The molecule has 0 aromatic heterocycles. The van der Waals surface area contributed by atoms with Crippen molar-refractivity contribution in [1.29, 1.82) is 0 Å². The van der Waals surface area contributed by atoms with E-state index in [1.807, 2.05) is 0 Å². The van der Waals surface area contributed by atoms with Gasteiger partial charge in [-0.25, -0.2) is 0 Å². The van der Waals surface area contributed by atoms with Gasteiger partial charge in [0.2, 0.25) is 0 Å². The summed E-state index contributed by atoms with van der Waals surface area (Å²) in [5.74, 6) is 2.46. The summed E-state index contributed by atoms with van der Waals surface area (Å²) >= 11 is 0. The minimum Gasteiger partial charge on any atom is -0.393 e. The molecular weight excluding hydrogens is 348 g/mol. The summed E-state index contributed by atoms with van der Waals surface area (Å²) in [7, 11) is 2.19. The van der Waals surface area contributed by atoms with Gasteiger partial charge in [-0.2, -0.15) is 0 Å². The largest absolute Gasteiger partial charge is 0.393 e. The number of fused-ring (bicyclic) bond motifs is 5. The van der Waals surface area contributed by atoms with Gasteiger partial charge in [0.15, 0.2) is 5.78 Å². The highest BCUT2D eigenvalue weighted by Gasteiger charge is 2.61. The Morgan fingerprint density at radius 1 is 1.04 bits per heavy atom. The first-order valence-corrected chi connectivity index (χ1v) is 11.7. The monoisotopic (exact) mass is 386 g/mol. The Balaban J connectivity index is 1.41. The Labute approximate surface area is 170 Å². The molecule has 0 unspecified atom stereocenters. The Hall–Kier alpha value is -0.710. The number of piperazine rings is 1. The number of aliphatic hydroxyl groups excluding tert-OH is 1. The van der Waals surface area contributed by atoms with Crippen LogP contribution in [0.2, 0.25) is 0 Å². The number of rotatable bonds is 1. The molecule has 7 atom stereocenters. The predicted molar refractivity (Wildman–Crippen MR) is 111 cm³/mol. The molecule has 3 saturated carbocycles. The molecule has 1 heterocycles. The zero-order valence-corrected chi connectivity index (χ0v) is 18.0. The van der Waals surface area contributed by atoms with E-state index in [2.05, 4.69) is 36.8 Å². The van der Waals surface area contributed by atoms with Crippen molar-refractivity contribution in [2.24, 2.45) is 28.6 Å². The zero-order chi connectivity index (χ0) is 19.7. The molecule has 0 bridgehead atoms. The molecule has 4 fully saturated rings. The number of allylic oxidation sites excluding steroid dienone is 1. The first kappa shape index (κ1) is 19.3. The number of likely N-dealkylation sites (N-methyl/N-ethyl adjacent to an activating group) is 1. The van der Waals surface area contributed by atoms with E-state index in [9.17, 15) is 9.90 Å². The molecule has 0 radical (unpaired) electrons. The fourth-order valence-electron chi connectivity index (χ4n) is 7.88. The molecule has 0 aromatic carbocycles. The first-order chi connectivity index (χ1) is 13.3. The lowest BCUT2D eigenvalue weighted by Gasteiger charge is -2.56. The second kappa shape index (κ2) is 6.65. The molecule has 5 rings (SSSR count). The maximum Gasteiger partial charge on any atom is 0.156 e. The maximum atomic E-state index is 13.6. The van der Waals surface area contributed by atoms with Crippen LogP contribution in [0.3, 0.4) is 0 Å². The minimum atomic E-state index is -0.139. The molecule has 5 aliphatic rings. The maximum absolute atomic E-state index is 13.6. The third-order valence-electron chi connectivity index (χ3n) is 9.79. The van der Waals surface area contributed by atoms with E-state index < -0.39 is 0 Å². The first-order valence-electron chi connectivity index (χ1n) is 11.7. The average Bonchev–Trinajstić information content (AvgIpc) is 2.94. The fourth-order valence-corrected chi connectivity index (χ4v) is 7.88. The van der Waals surface area contributed by atoms with Gasteiger partial charge in [0.25, 0.3) is 0 Å². The molecule has 156 valence electrons. The molecule has 1 aliphatic heterocycles. The van der Waals surface area contributed by atoms with Crippen molar-refractivity contribution in [2.45, 2.75) is 70.9 Å². The van der Waals surface area contributed by atoms with Gasteiger partial charge in [0.1, 0.15) is 0 Å². The number of nitrogens with zero attached hydrogens (tertiary/aromatic N) is 2. The van der Waals surface area contributed by atoms with Gasteiger partial charge in [0.05, 0.1) is 12.1 Å². The van der Waals surface area contributed by atoms with E-state index in [0.717, 1.165) is 64.7 Å². The fraction of sp³-hybridized carbons (Fsp3) is 0.875.